The van der Waals surface area contributed by atoms with E-state index in [-0.39, 0.29) is 11.9 Å². The third-order valence-corrected chi connectivity index (χ3v) is 2.82. The quantitative estimate of drug-likeness (QED) is 0.882. The molecule has 90 valence electrons. The fourth-order valence-corrected chi connectivity index (χ4v) is 1.86. The highest BCUT2D eigenvalue weighted by atomic mass is 19.1. The molecule has 3 nitrogen and oxygen atoms in total. The topological polar surface area (TPSA) is 43.8 Å². The molecule has 0 saturated carbocycles. The van der Waals surface area contributed by atoms with Crippen molar-refractivity contribution in [3.05, 3.63) is 53.1 Å². The van der Waals surface area contributed by atoms with Crippen molar-refractivity contribution in [2.24, 2.45) is 12.8 Å². The summed E-state index contributed by atoms with van der Waals surface area (Å²) >= 11 is 0. The Kier molecular flexibility index (Phi) is 3.24. The van der Waals surface area contributed by atoms with Gasteiger partial charge in [0, 0.05) is 31.3 Å². The summed E-state index contributed by atoms with van der Waals surface area (Å²) in [4.78, 5) is 0. The molecule has 1 aromatic carbocycles. The molecule has 0 bridgehead atoms. The molecule has 0 aliphatic heterocycles. The van der Waals surface area contributed by atoms with E-state index in [1.165, 1.54) is 0 Å². The lowest BCUT2D eigenvalue weighted by molar-refractivity contribution is 0.569. The number of aromatic nitrogens is 2. The van der Waals surface area contributed by atoms with E-state index in [9.17, 15) is 4.39 Å². The lowest BCUT2D eigenvalue weighted by Crippen LogP contribution is -2.16. The van der Waals surface area contributed by atoms with Crippen LogP contribution in [0.25, 0.3) is 0 Å². The summed E-state index contributed by atoms with van der Waals surface area (Å²) in [5.41, 5.74) is 8.07. The SMILES string of the molecule is Cc1cccc(C(N)Cc2ccn(C)n2)c1F. The van der Waals surface area contributed by atoms with E-state index < -0.39 is 0 Å². The van der Waals surface area contributed by atoms with E-state index >= 15 is 0 Å². The molecule has 2 rings (SSSR count). The van der Waals surface area contributed by atoms with Crippen LogP contribution in [0.4, 0.5) is 4.39 Å². The predicted molar refractivity (Wildman–Crippen MR) is 65.0 cm³/mol. The van der Waals surface area contributed by atoms with Gasteiger partial charge in [0.05, 0.1) is 5.69 Å². The maximum Gasteiger partial charge on any atom is 0.130 e. The number of hydrogen-bond acceptors (Lipinski definition) is 2. The molecule has 1 aromatic heterocycles. The Morgan fingerprint density at radius 3 is 2.82 bits per heavy atom. The minimum Gasteiger partial charge on any atom is -0.324 e. The largest absolute Gasteiger partial charge is 0.324 e. The van der Waals surface area contributed by atoms with Gasteiger partial charge < -0.3 is 5.73 Å². The van der Waals surface area contributed by atoms with Gasteiger partial charge in [0.25, 0.3) is 0 Å². The number of nitrogens with two attached hydrogens (primary N) is 1. The van der Waals surface area contributed by atoms with Crippen molar-refractivity contribution in [2.75, 3.05) is 0 Å². The summed E-state index contributed by atoms with van der Waals surface area (Å²) in [7, 11) is 1.85. The molecular formula is C13H16FN3. The third-order valence-electron chi connectivity index (χ3n) is 2.82. The number of nitrogens with zero attached hydrogens (tertiary/aromatic N) is 2. The fraction of sp³-hybridized carbons (Fsp3) is 0.308. The Balaban J connectivity index is 2.20. The number of aryl methyl sites for hydroxylation is 2. The molecule has 2 aromatic rings. The highest BCUT2D eigenvalue weighted by Crippen LogP contribution is 2.20. The van der Waals surface area contributed by atoms with Gasteiger partial charge in [0.15, 0.2) is 0 Å². The highest BCUT2D eigenvalue weighted by molar-refractivity contribution is 5.28. The summed E-state index contributed by atoms with van der Waals surface area (Å²) < 4.78 is 15.6. The van der Waals surface area contributed by atoms with Gasteiger partial charge in [-0.2, -0.15) is 5.10 Å². The van der Waals surface area contributed by atoms with E-state index in [1.807, 2.05) is 25.4 Å². The number of halogens is 1. The Hall–Kier alpha value is -1.68. The zero-order chi connectivity index (χ0) is 12.4. The first-order valence-corrected chi connectivity index (χ1v) is 5.57. The molecule has 0 aliphatic rings. The molecule has 0 aliphatic carbocycles. The standard InChI is InChI=1S/C13H16FN3/c1-9-4-3-5-11(13(9)14)12(15)8-10-6-7-17(2)16-10/h3-7,12H,8,15H2,1-2H3. The molecule has 1 atom stereocenters. The first-order chi connectivity index (χ1) is 8.08. The van der Waals surface area contributed by atoms with Crippen LogP contribution in [0.1, 0.15) is 22.9 Å². The zero-order valence-corrected chi connectivity index (χ0v) is 10.0. The van der Waals surface area contributed by atoms with Gasteiger partial charge in [-0.05, 0) is 18.6 Å². The Bertz CT molecular complexity index is 519. The maximum absolute atomic E-state index is 13.9. The minimum atomic E-state index is -0.357. The van der Waals surface area contributed by atoms with Crippen LogP contribution < -0.4 is 5.73 Å². The van der Waals surface area contributed by atoms with E-state index in [1.54, 1.807) is 23.7 Å². The summed E-state index contributed by atoms with van der Waals surface area (Å²) in [6.07, 6.45) is 2.40. The molecule has 0 spiro atoms. The van der Waals surface area contributed by atoms with Crippen molar-refractivity contribution in [1.29, 1.82) is 0 Å². The first kappa shape index (κ1) is 11.8. The summed E-state index contributed by atoms with van der Waals surface area (Å²) in [5, 5.41) is 4.24. The maximum atomic E-state index is 13.9. The van der Waals surface area contributed by atoms with E-state index in [0.29, 0.717) is 17.5 Å². The average Bonchev–Trinajstić information content (AvgIpc) is 2.68. The van der Waals surface area contributed by atoms with Crippen LogP contribution in [0, 0.1) is 12.7 Å². The van der Waals surface area contributed by atoms with Crippen molar-refractivity contribution in [1.82, 2.24) is 9.78 Å². The van der Waals surface area contributed by atoms with Crippen molar-refractivity contribution in [2.45, 2.75) is 19.4 Å². The lowest BCUT2D eigenvalue weighted by Gasteiger charge is -2.12. The van der Waals surface area contributed by atoms with Gasteiger partial charge in [0.1, 0.15) is 5.82 Å². The number of hydrogen-bond donors (Lipinski definition) is 1. The summed E-state index contributed by atoms with van der Waals surface area (Å²) in [6, 6.07) is 6.84. The van der Waals surface area contributed by atoms with E-state index in [2.05, 4.69) is 5.10 Å². The second-order valence-corrected chi connectivity index (χ2v) is 4.27. The number of benzene rings is 1. The zero-order valence-electron chi connectivity index (χ0n) is 10.0. The van der Waals surface area contributed by atoms with Crippen molar-refractivity contribution < 1.29 is 4.39 Å². The number of rotatable bonds is 3. The molecule has 0 saturated heterocycles. The second kappa shape index (κ2) is 4.67. The van der Waals surface area contributed by atoms with Crippen LogP contribution in [0.3, 0.4) is 0 Å². The molecule has 4 heteroatoms. The monoisotopic (exact) mass is 233 g/mol. The molecule has 1 unspecified atom stereocenters. The van der Waals surface area contributed by atoms with Gasteiger partial charge in [-0.3, -0.25) is 4.68 Å². The minimum absolute atomic E-state index is 0.212. The van der Waals surface area contributed by atoms with Gasteiger partial charge in [-0.15, -0.1) is 0 Å². The molecule has 0 fully saturated rings. The molecule has 2 N–H and O–H groups in total. The third kappa shape index (κ3) is 2.53. The smallest absolute Gasteiger partial charge is 0.130 e. The fourth-order valence-electron chi connectivity index (χ4n) is 1.86. The first-order valence-electron chi connectivity index (χ1n) is 5.57. The van der Waals surface area contributed by atoms with Crippen molar-refractivity contribution in [3.63, 3.8) is 0 Å². The van der Waals surface area contributed by atoms with Crippen LogP contribution in [-0.4, -0.2) is 9.78 Å². The Labute approximate surface area is 100 Å². The van der Waals surface area contributed by atoms with Crippen LogP contribution in [0.5, 0.6) is 0 Å². The second-order valence-electron chi connectivity index (χ2n) is 4.27. The molecule has 0 amide bonds. The lowest BCUT2D eigenvalue weighted by atomic mass is 10.0. The Morgan fingerprint density at radius 1 is 1.41 bits per heavy atom. The highest BCUT2D eigenvalue weighted by Gasteiger charge is 2.14. The van der Waals surface area contributed by atoms with Crippen LogP contribution in [-0.2, 0) is 13.5 Å². The molecule has 1 heterocycles. The van der Waals surface area contributed by atoms with E-state index in [4.69, 9.17) is 5.73 Å². The molecular weight excluding hydrogens is 217 g/mol. The van der Waals surface area contributed by atoms with E-state index in [0.717, 1.165) is 5.69 Å². The predicted octanol–water partition coefficient (Wildman–Crippen LogP) is 2.11. The van der Waals surface area contributed by atoms with Gasteiger partial charge in [-0.25, -0.2) is 4.39 Å². The summed E-state index contributed by atoms with van der Waals surface area (Å²) in [6.45, 7) is 1.74. The van der Waals surface area contributed by atoms with Crippen molar-refractivity contribution >= 4 is 0 Å². The van der Waals surface area contributed by atoms with Crippen molar-refractivity contribution in [3.8, 4) is 0 Å². The molecule has 17 heavy (non-hydrogen) atoms. The van der Waals surface area contributed by atoms with Crippen LogP contribution >= 0.6 is 0 Å². The summed E-state index contributed by atoms with van der Waals surface area (Å²) in [5.74, 6) is -0.212. The Morgan fingerprint density at radius 2 is 2.18 bits per heavy atom. The average molecular weight is 233 g/mol. The van der Waals surface area contributed by atoms with Gasteiger partial charge in [-0.1, -0.05) is 18.2 Å². The molecule has 0 radical (unpaired) electrons. The van der Waals surface area contributed by atoms with Gasteiger partial charge >= 0.3 is 0 Å². The van der Waals surface area contributed by atoms with Crippen LogP contribution in [0.15, 0.2) is 30.5 Å². The van der Waals surface area contributed by atoms with Gasteiger partial charge in [0.2, 0.25) is 0 Å². The van der Waals surface area contributed by atoms with Crippen LogP contribution in [0.2, 0.25) is 0 Å². The normalized spacial score (nSPS) is 12.7.